The first-order valence-electron chi connectivity index (χ1n) is 3.17. The topological polar surface area (TPSA) is 97.3 Å². The minimum Gasteiger partial charge on any atom is -0.768 e. The first kappa shape index (κ1) is 15.5. The molecule has 1 aromatic rings. The van der Waals surface area contributed by atoms with Crippen molar-refractivity contribution < 1.29 is 51.3 Å². The molecule has 0 heterocycles. The van der Waals surface area contributed by atoms with Crippen LogP contribution in [-0.4, -0.2) is 21.7 Å². The fourth-order valence-electron chi connectivity index (χ4n) is 0.779. The molecule has 0 spiro atoms. The molecular weight excluding hydrogens is 275 g/mol. The van der Waals surface area contributed by atoms with Crippen LogP contribution in [0.5, 0.6) is 0 Å². The van der Waals surface area contributed by atoms with Crippen LogP contribution in [0.25, 0.3) is 0 Å². The van der Waals surface area contributed by atoms with Gasteiger partial charge in [-0.2, -0.15) is 0 Å². The Labute approximate surface area is 116 Å². The zero-order chi connectivity index (χ0) is 10.9. The maximum absolute atomic E-state index is 10.6. The third-order valence-electron chi connectivity index (χ3n) is 1.36. The van der Waals surface area contributed by atoms with Crippen molar-refractivity contribution in [2.24, 2.45) is 0 Å². The van der Waals surface area contributed by atoms with E-state index in [1.54, 1.807) is 0 Å². The van der Waals surface area contributed by atoms with E-state index in [-0.39, 0.29) is 39.5 Å². The summed E-state index contributed by atoms with van der Waals surface area (Å²) in [4.78, 5) is -1.04. The quantitative estimate of drug-likeness (QED) is 0.338. The number of hydrogen-bond acceptors (Lipinski definition) is 5. The van der Waals surface area contributed by atoms with Gasteiger partial charge in [0.1, 0.15) is 10.1 Å². The summed E-state index contributed by atoms with van der Waals surface area (Å²) in [6.07, 6.45) is 0. The van der Waals surface area contributed by atoms with Crippen LogP contribution in [0.1, 0.15) is 0 Å². The summed E-state index contributed by atoms with van der Waals surface area (Å²) in [6.45, 7) is 0. The van der Waals surface area contributed by atoms with Gasteiger partial charge in [0.2, 0.25) is 0 Å². The predicted octanol–water partition coefficient (Wildman–Crippen LogP) is -2.51. The molecule has 0 aliphatic carbocycles. The Kier molecular flexibility index (Phi) is 5.94. The second-order valence-corrected chi connectivity index (χ2v) is 4.98. The van der Waals surface area contributed by atoms with Crippen molar-refractivity contribution in [3.05, 3.63) is 23.2 Å². The van der Waals surface area contributed by atoms with Gasteiger partial charge in [-0.05, 0) is 29.3 Å². The second kappa shape index (κ2) is 5.74. The zero-order valence-electron chi connectivity index (χ0n) is 7.47. The van der Waals surface area contributed by atoms with Gasteiger partial charge in [0.05, 0.1) is 9.92 Å². The first-order chi connectivity index (χ1) is 6.32. The molecule has 1 aromatic carbocycles. The van der Waals surface area contributed by atoms with Crippen molar-refractivity contribution in [1.82, 2.24) is 0 Å². The molecule has 0 aliphatic heterocycles. The van der Waals surface area contributed by atoms with Crippen molar-refractivity contribution in [2.45, 2.75) is 9.79 Å². The van der Waals surface area contributed by atoms with Gasteiger partial charge >= 0.3 is 29.6 Å². The van der Waals surface area contributed by atoms with Crippen LogP contribution in [0.3, 0.4) is 0 Å². The van der Waals surface area contributed by atoms with Crippen LogP contribution in [0.15, 0.2) is 28.0 Å². The van der Waals surface area contributed by atoms with Crippen molar-refractivity contribution >= 4 is 32.8 Å². The Morgan fingerprint density at radius 1 is 1.33 bits per heavy atom. The van der Waals surface area contributed by atoms with E-state index < -0.39 is 26.1 Å². The van der Waals surface area contributed by atoms with E-state index in [1.165, 1.54) is 0 Å². The molecule has 0 fully saturated rings. The van der Waals surface area contributed by atoms with Crippen molar-refractivity contribution in [3.63, 3.8) is 0 Å². The van der Waals surface area contributed by atoms with Gasteiger partial charge in [-0.25, -0.2) is 8.42 Å². The second-order valence-electron chi connectivity index (χ2n) is 2.28. The van der Waals surface area contributed by atoms with Gasteiger partial charge in [0.15, 0.2) is 0 Å². The average molecular weight is 278 g/mol. The minimum atomic E-state index is -4.74. The van der Waals surface area contributed by atoms with Crippen molar-refractivity contribution in [2.75, 3.05) is 0 Å². The monoisotopic (exact) mass is 277 g/mol. The Morgan fingerprint density at radius 3 is 2.27 bits per heavy atom. The van der Waals surface area contributed by atoms with E-state index >= 15 is 0 Å². The van der Waals surface area contributed by atoms with Gasteiger partial charge in [-0.3, -0.25) is 4.21 Å². The van der Waals surface area contributed by atoms with E-state index in [4.69, 9.17) is 11.6 Å². The van der Waals surface area contributed by atoms with Gasteiger partial charge in [-0.1, -0.05) is 11.6 Å². The van der Waals surface area contributed by atoms with E-state index in [0.29, 0.717) is 6.07 Å². The predicted molar refractivity (Wildman–Crippen MR) is 46.6 cm³/mol. The molecule has 0 bridgehead atoms. The van der Waals surface area contributed by atoms with E-state index in [2.05, 4.69) is 0 Å². The summed E-state index contributed by atoms with van der Waals surface area (Å²) in [5.74, 6) is 0. The molecule has 0 aliphatic rings. The fraction of sp³-hybridized carbons (Fsp3) is 0. The fourth-order valence-corrected chi connectivity index (χ4v) is 2.23. The van der Waals surface area contributed by atoms with Crippen LogP contribution in [-0.2, 0) is 21.2 Å². The SMILES string of the molecule is O=S([O-])c1ccc(Cl)c(S(=O)(=O)[O-])c1.[Na+]. The Morgan fingerprint density at radius 2 is 1.87 bits per heavy atom. The number of rotatable bonds is 2. The minimum absolute atomic E-state index is 0. The zero-order valence-corrected chi connectivity index (χ0v) is 11.9. The van der Waals surface area contributed by atoms with Crippen LogP contribution in [0, 0.1) is 0 Å². The average Bonchev–Trinajstić information content (AvgIpc) is 2.02. The molecule has 0 amide bonds. The van der Waals surface area contributed by atoms with Crippen molar-refractivity contribution in [3.8, 4) is 0 Å². The molecule has 1 atom stereocenters. The molecule has 0 N–H and O–H groups in total. The van der Waals surface area contributed by atoms with Crippen LogP contribution in [0.4, 0.5) is 0 Å². The molecule has 0 radical (unpaired) electrons. The number of benzene rings is 1. The first-order valence-corrected chi connectivity index (χ1v) is 6.03. The molecule has 15 heavy (non-hydrogen) atoms. The summed E-state index contributed by atoms with van der Waals surface area (Å²) in [5, 5.41) is -0.297. The van der Waals surface area contributed by atoms with Crippen LogP contribution >= 0.6 is 11.6 Å². The summed E-state index contributed by atoms with van der Waals surface area (Å²) in [5.41, 5.74) is 0. The van der Waals surface area contributed by atoms with E-state index in [9.17, 15) is 21.7 Å². The van der Waals surface area contributed by atoms with E-state index in [0.717, 1.165) is 12.1 Å². The van der Waals surface area contributed by atoms with Crippen LogP contribution < -0.4 is 29.6 Å². The number of hydrogen-bond donors (Lipinski definition) is 0. The molecule has 5 nitrogen and oxygen atoms in total. The third kappa shape index (κ3) is 4.12. The molecule has 9 heteroatoms. The Hall–Kier alpha value is 0.530. The van der Waals surface area contributed by atoms with Gasteiger partial charge in [0, 0.05) is 4.90 Å². The summed E-state index contributed by atoms with van der Waals surface area (Å²) < 4.78 is 52.7. The van der Waals surface area contributed by atoms with E-state index in [1.807, 2.05) is 0 Å². The van der Waals surface area contributed by atoms with Crippen LogP contribution in [0.2, 0.25) is 5.02 Å². The normalized spacial score (nSPS) is 13.0. The molecular formula is C6H3ClNaO5S2-. The van der Waals surface area contributed by atoms with Crippen molar-refractivity contribution in [1.29, 1.82) is 0 Å². The number of halogens is 1. The maximum atomic E-state index is 10.6. The molecule has 78 valence electrons. The molecule has 0 aromatic heterocycles. The summed E-state index contributed by atoms with van der Waals surface area (Å²) >= 11 is 2.81. The van der Waals surface area contributed by atoms with Gasteiger partial charge in [-0.15, -0.1) is 0 Å². The molecule has 0 saturated heterocycles. The summed E-state index contributed by atoms with van der Waals surface area (Å²) in [6, 6.07) is 2.85. The summed E-state index contributed by atoms with van der Waals surface area (Å²) in [7, 11) is -4.74. The Balaban J connectivity index is 0.00000196. The largest absolute Gasteiger partial charge is 1.00 e. The molecule has 0 saturated carbocycles. The smallest absolute Gasteiger partial charge is 0.768 e. The maximum Gasteiger partial charge on any atom is 1.00 e. The third-order valence-corrected chi connectivity index (χ3v) is 3.32. The molecule has 1 unspecified atom stereocenters. The van der Waals surface area contributed by atoms with Gasteiger partial charge in [0.25, 0.3) is 0 Å². The molecule has 1 rings (SSSR count). The van der Waals surface area contributed by atoms with Gasteiger partial charge < -0.3 is 9.11 Å². The Bertz CT molecular complexity index is 486. The standard InChI is InChI=1S/C6H5ClO5S2.Na/c7-5-2-1-4(13(8)9)3-6(5)14(10,11)12;/h1-3H,(H,8,9)(H,10,11,12);/q;+1/p-2.